The minimum Gasteiger partial charge on any atom is -0.487 e. The molecule has 0 aromatic heterocycles. The van der Waals surface area contributed by atoms with Crippen molar-refractivity contribution < 1.29 is 31.8 Å². The van der Waals surface area contributed by atoms with Crippen molar-refractivity contribution in [3.05, 3.63) is 59.2 Å². The molecule has 30 heavy (non-hydrogen) atoms. The van der Waals surface area contributed by atoms with Crippen molar-refractivity contribution >= 4 is 17.9 Å². The average Bonchev–Trinajstić information content (AvgIpc) is 2.77. The van der Waals surface area contributed by atoms with Crippen LogP contribution in [0.1, 0.15) is 18.4 Å². The van der Waals surface area contributed by atoms with E-state index in [9.17, 15) is 22.4 Å². The average molecular weight is 443 g/mol. The molecule has 162 valence electrons. The first-order chi connectivity index (χ1) is 14.4. The summed E-state index contributed by atoms with van der Waals surface area (Å²) >= 11 is 0.576. The van der Waals surface area contributed by atoms with Gasteiger partial charge >= 0.3 is 6.09 Å². The fraction of sp³-hybridized carbons (Fsp3) is 0.381. The lowest BCUT2D eigenvalue weighted by Crippen LogP contribution is -2.40. The quantitative estimate of drug-likeness (QED) is 0.341. The Labute approximate surface area is 176 Å². The van der Waals surface area contributed by atoms with E-state index < -0.39 is 40.0 Å². The van der Waals surface area contributed by atoms with E-state index in [-0.39, 0.29) is 19.1 Å². The summed E-state index contributed by atoms with van der Waals surface area (Å²) in [6.07, 6.45) is 1.90. The lowest BCUT2D eigenvalue weighted by atomic mass is 9.98. The molecule has 9 heteroatoms. The largest absolute Gasteiger partial charge is 0.487 e. The van der Waals surface area contributed by atoms with Crippen molar-refractivity contribution in [1.82, 2.24) is 4.90 Å². The Balaban J connectivity index is 1.50. The van der Waals surface area contributed by atoms with E-state index in [1.807, 2.05) is 30.3 Å². The number of ether oxygens (including phenoxy) is 2. The summed E-state index contributed by atoms with van der Waals surface area (Å²) in [5.74, 6) is -7.18. The Bertz CT molecular complexity index is 861. The van der Waals surface area contributed by atoms with Gasteiger partial charge in [0.2, 0.25) is 11.6 Å². The molecule has 0 atom stereocenters. The molecule has 1 aliphatic rings. The van der Waals surface area contributed by atoms with Crippen LogP contribution in [0.4, 0.5) is 22.4 Å². The standard InChI is InChI=1S/C21H21F4NO3S/c1-30-20-17(24)15(22)19(16(23)18(20)25)28-11-14-7-9-26(10-8-14)21(27)29-12-13-5-3-2-4-6-13/h2-6,14H,7-12H2,1H3. The number of benzene rings is 2. The molecule has 0 bridgehead atoms. The van der Waals surface area contributed by atoms with Gasteiger partial charge in [0, 0.05) is 13.1 Å². The number of piperidine rings is 1. The highest BCUT2D eigenvalue weighted by Gasteiger charge is 2.28. The third-order valence-electron chi connectivity index (χ3n) is 4.93. The molecule has 0 spiro atoms. The highest BCUT2D eigenvalue weighted by molar-refractivity contribution is 7.98. The Morgan fingerprint density at radius 1 is 1.03 bits per heavy atom. The minimum absolute atomic E-state index is 0.113. The van der Waals surface area contributed by atoms with Crippen LogP contribution in [0, 0.1) is 29.2 Å². The van der Waals surface area contributed by atoms with Gasteiger partial charge in [0.1, 0.15) is 6.61 Å². The van der Waals surface area contributed by atoms with Gasteiger partial charge in [-0.2, -0.15) is 8.78 Å². The number of thioether (sulfide) groups is 1. The van der Waals surface area contributed by atoms with E-state index in [0.717, 1.165) is 5.56 Å². The van der Waals surface area contributed by atoms with E-state index in [2.05, 4.69) is 0 Å². The Hall–Kier alpha value is -2.42. The van der Waals surface area contributed by atoms with Crippen molar-refractivity contribution in [1.29, 1.82) is 0 Å². The van der Waals surface area contributed by atoms with E-state index >= 15 is 0 Å². The lowest BCUT2D eigenvalue weighted by molar-refractivity contribution is 0.0752. The minimum atomic E-state index is -1.54. The molecule has 0 N–H and O–H groups in total. The molecule has 1 fully saturated rings. The van der Waals surface area contributed by atoms with Crippen LogP contribution in [-0.2, 0) is 11.3 Å². The zero-order chi connectivity index (χ0) is 21.7. The molecule has 0 radical (unpaired) electrons. The number of likely N-dealkylation sites (tertiary alicyclic amines) is 1. The van der Waals surface area contributed by atoms with Crippen molar-refractivity contribution in [2.75, 3.05) is 26.0 Å². The van der Waals surface area contributed by atoms with Crippen molar-refractivity contribution in [2.45, 2.75) is 24.3 Å². The molecule has 0 aliphatic carbocycles. The van der Waals surface area contributed by atoms with Gasteiger partial charge in [-0.05, 0) is 30.6 Å². The van der Waals surface area contributed by atoms with Gasteiger partial charge < -0.3 is 14.4 Å². The summed E-state index contributed by atoms with van der Waals surface area (Å²) in [5, 5.41) is 0. The fourth-order valence-corrected chi connectivity index (χ4v) is 3.73. The molecule has 0 unspecified atom stereocenters. The van der Waals surface area contributed by atoms with E-state index in [1.165, 1.54) is 6.26 Å². The van der Waals surface area contributed by atoms with Gasteiger partial charge in [-0.1, -0.05) is 30.3 Å². The molecule has 2 aromatic carbocycles. The normalized spacial score (nSPS) is 14.6. The zero-order valence-corrected chi connectivity index (χ0v) is 17.1. The van der Waals surface area contributed by atoms with Crippen molar-refractivity contribution in [3.63, 3.8) is 0 Å². The number of hydrogen-bond donors (Lipinski definition) is 0. The van der Waals surface area contributed by atoms with Gasteiger partial charge in [-0.25, -0.2) is 13.6 Å². The molecule has 4 nitrogen and oxygen atoms in total. The van der Waals surface area contributed by atoms with Gasteiger partial charge in [-0.3, -0.25) is 0 Å². The van der Waals surface area contributed by atoms with Crippen molar-refractivity contribution in [2.24, 2.45) is 5.92 Å². The van der Waals surface area contributed by atoms with Crippen molar-refractivity contribution in [3.8, 4) is 5.75 Å². The molecule has 1 aliphatic heterocycles. The number of nitrogens with zero attached hydrogens (tertiary/aromatic N) is 1. The van der Waals surface area contributed by atoms with Crippen LogP contribution in [0.25, 0.3) is 0 Å². The highest BCUT2D eigenvalue weighted by atomic mass is 32.2. The molecular weight excluding hydrogens is 422 g/mol. The van der Waals surface area contributed by atoms with Crippen LogP contribution in [0.15, 0.2) is 35.2 Å². The Kier molecular flexibility index (Phi) is 7.47. The van der Waals surface area contributed by atoms with Crippen LogP contribution >= 0.6 is 11.8 Å². The topological polar surface area (TPSA) is 38.8 Å². The lowest BCUT2D eigenvalue weighted by Gasteiger charge is -2.31. The molecular formula is C21H21F4NO3S. The number of rotatable bonds is 6. The maximum Gasteiger partial charge on any atom is 0.410 e. The Morgan fingerprint density at radius 2 is 1.63 bits per heavy atom. The van der Waals surface area contributed by atoms with Crippen LogP contribution in [0.3, 0.4) is 0 Å². The number of halogens is 4. The van der Waals surface area contributed by atoms with E-state index in [0.29, 0.717) is 37.7 Å². The third kappa shape index (κ3) is 5.00. The SMILES string of the molecule is CSc1c(F)c(F)c(OCC2CCN(C(=O)OCc3ccccc3)CC2)c(F)c1F. The van der Waals surface area contributed by atoms with Crippen LogP contribution in [0.5, 0.6) is 5.75 Å². The first kappa shape index (κ1) is 22.3. The molecule has 2 aromatic rings. The third-order valence-corrected chi connectivity index (χ3v) is 5.69. The predicted molar refractivity (Wildman–Crippen MR) is 104 cm³/mol. The first-order valence-corrected chi connectivity index (χ1v) is 10.6. The second-order valence-electron chi connectivity index (χ2n) is 6.90. The van der Waals surface area contributed by atoms with Gasteiger partial charge in [0.15, 0.2) is 17.4 Å². The summed E-state index contributed by atoms with van der Waals surface area (Å²) in [7, 11) is 0. The van der Waals surface area contributed by atoms with Gasteiger partial charge in [0.25, 0.3) is 0 Å². The molecule has 0 saturated carbocycles. The molecule has 1 heterocycles. The van der Waals surface area contributed by atoms with Gasteiger partial charge in [-0.15, -0.1) is 11.8 Å². The van der Waals surface area contributed by atoms with Crippen LogP contribution in [0.2, 0.25) is 0 Å². The highest BCUT2D eigenvalue weighted by Crippen LogP contribution is 2.35. The molecule has 3 rings (SSSR count). The first-order valence-electron chi connectivity index (χ1n) is 9.40. The van der Waals surface area contributed by atoms with E-state index in [1.54, 1.807) is 4.90 Å². The Morgan fingerprint density at radius 3 is 2.20 bits per heavy atom. The number of carbonyl (C=O) groups is 1. The van der Waals surface area contributed by atoms with Crippen LogP contribution in [-0.4, -0.2) is 36.9 Å². The number of hydrogen-bond acceptors (Lipinski definition) is 4. The predicted octanol–water partition coefficient (Wildman–Crippen LogP) is 5.39. The summed E-state index contributed by atoms with van der Waals surface area (Å²) in [6.45, 7) is 0.837. The number of carbonyl (C=O) groups excluding carboxylic acids is 1. The maximum atomic E-state index is 14.0. The fourth-order valence-electron chi connectivity index (χ4n) is 3.19. The molecule has 1 amide bonds. The maximum absolute atomic E-state index is 14.0. The second kappa shape index (κ2) is 10.1. The summed E-state index contributed by atoms with van der Waals surface area (Å²) in [6, 6.07) is 9.29. The zero-order valence-electron chi connectivity index (χ0n) is 16.3. The second-order valence-corrected chi connectivity index (χ2v) is 7.72. The van der Waals surface area contributed by atoms with E-state index in [4.69, 9.17) is 9.47 Å². The van der Waals surface area contributed by atoms with Crippen LogP contribution < -0.4 is 4.74 Å². The number of amides is 1. The monoisotopic (exact) mass is 443 g/mol. The van der Waals surface area contributed by atoms with Gasteiger partial charge in [0.05, 0.1) is 11.5 Å². The smallest absolute Gasteiger partial charge is 0.410 e. The molecule has 1 saturated heterocycles. The summed E-state index contributed by atoms with van der Waals surface area (Å²) in [4.78, 5) is 13.0. The summed E-state index contributed by atoms with van der Waals surface area (Å²) < 4.78 is 66.2. The summed E-state index contributed by atoms with van der Waals surface area (Å²) in [5.41, 5.74) is 0.880.